The molecule has 0 rings (SSSR count). The van der Waals surface area contributed by atoms with Crippen molar-refractivity contribution in [2.24, 2.45) is 0 Å². The van der Waals surface area contributed by atoms with Gasteiger partial charge in [-0.1, -0.05) is 51.4 Å². The van der Waals surface area contributed by atoms with Crippen LogP contribution in [0.1, 0.15) is 132 Å². The molecule has 0 aliphatic carbocycles. The van der Waals surface area contributed by atoms with Crippen LogP contribution in [0.25, 0.3) is 0 Å². The maximum atomic E-state index is 12.3. The molecular formula is C30H56N2O6. The van der Waals surface area contributed by atoms with Crippen molar-refractivity contribution < 1.29 is 28.7 Å². The van der Waals surface area contributed by atoms with E-state index in [9.17, 15) is 19.2 Å². The molecule has 0 radical (unpaired) electrons. The first-order valence-corrected chi connectivity index (χ1v) is 14.5. The summed E-state index contributed by atoms with van der Waals surface area (Å²) in [5.74, 6) is -0.769. The second-order valence-corrected chi connectivity index (χ2v) is 12.4. The Labute approximate surface area is 231 Å². The van der Waals surface area contributed by atoms with Crippen LogP contribution in [0.3, 0.4) is 0 Å². The lowest BCUT2D eigenvalue weighted by Gasteiger charge is -2.24. The highest BCUT2D eigenvalue weighted by Crippen LogP contribution is 2.13. The average Bonchev–Trinajstić information content (AvgIpc) is 2.74. The van der Waals surface area contributed by atoms with E-state index in [1.807, 2.05) is 41.5 Å². The first kappa shape index (κ1) is 36.2. The zero-order valence-corrected chi connectivity index (χ0v) is 25.5. The zero-order valence-electron chi connectivity index (χ0n) is 25.5. The third-order valence-electron chi connectivity index (χ3n) is 5.75. The number of unbranched alkanes of at least 4 members (excludes halogenated alkanes) is 9. The molecule has 2 unspecified atom stereocenters. The molecular weight excluding hydrogens is 484 g/mol. The van der Waals surface area contributed by atoms with Crippen molar-refractivity contribution in [3.05, 3.63) is 0 Å². The Morgan fingerprint density at radius 2 is 0.789 bits per heavy atom. The van der Waals surface area contributed by atoms with Crippen LogP contribution < -0.4 is 10.6 Å². The van der Waals surface area contributed by atoms with E-state index in [-0.39, 0.29) is 36.3 Å². The summed E-state index contributed by atoms with van der Waals surface area (Å²) in [6.45, 7) is 15.4. The predicted molar refractivity (Wildman–Crippen MR) is 152 cm³/mol. The van der Waals surface area contributed by atoms with Gasteiger partial charge in [-0.05, 0) is 81.3 Å². The number of hydrogen-bond acceptors (Lipinski definition) is 8. The number of nitrogens with one attached hydrogen (secondary N) is 2. The Balaban J connectivity index is 3.88. The Kier molecular flexibility index (Phi) is 18.4. The molecule has 0 aliphatic rings. The van der Waals surface area contributed by atoms with Gasteiger partial charge in [-0.2, -0.15) is 0 Å². The lowest BCUT2D eigenvalue weighted by Crippen LogP contribution is -2.42. The van der Waals surface area contributed by atoms with Crippen LogP contribution in [0.5, 0.6) is 0 Å². The number of rotatable bonds is 21. The monoisotopic (exact) mass is 540 g/mol. The Morgan fingerprint density at radius 1 is 0.526 bits per heavy atom. The second-order valence-electron chi connectivity index (χ2n) is 12.4. The van der Waals surface area contributed by atoms with Crippen molar-refractivity contribution in [3.8, 4) is 0 Å². The van der Waals surface area contributed by atoms with Crippen LogP contribution in [0, 0.1) is 0 Å². The Hall–Kier alpha value is -1.80. The van der Waals surface area contributed by atoms with Crippen molar-refractivity contribution in [2.75, 3.05) is 13.1 Å². The van der Waals surface area contributed by atoms with E-state index in [2.05, 4.69) is 10.6 Å². The lowest BCUT2D eigenvalue weighted by atomic mass is 10.1. The van der Waals surface area contributed by atoms with Crippen LogP contribution in [-0.4, -0.2) is 59.9 Å². The third-order valence-corrected chi connectivity index (χ3v) is 5.75. The molecule has 0 bridgehead atoms. The molecule has 222 valence electrons. The first-order valence-electron chi connectivity index (χ1n) is 14.5. The minimum absolute atomic E-state index is 0.0254. The smallest absolute Gasteiger partial charge is 0.324 e. The molecule has 8 nitrogen and oxygen atoms in total. The standard InChI is InChI=1S/C30H56N2O6/c1-23(33)21-25(27(35)37-29(3,4)5)31-19-17-15-13-11-9-10-12-14-16-18-20-32-26(22-24(2)34)28(36)38-30(6,7)8/h25-26,31-32H,9-22H2,1-8H3. The summed E-state index contributed by atoms with van der Waals surface area (Å²) in [4.78, 5) is 47.6. The normalized spacial score (nSPS) is 13.6. The highest BCUT2D eigenvalue weighted by molar-refractivity contribution is 5.85. The Bertz CT molecular complexity index is 649. The van der Waals surface area contributed by atoms with Gasteiger partial charge in [0.2, 0.25) is 0 Å². The van der Waals surface area contributed by atoms with Gasteiger partial charge < -0.3 is 20.1 Å². The summed E-state index contributed by atoms with van der Waals surface area (Å²) >= 11 is 0. The first-order chi connectivity index (χ1) is 17.6. The minimum Gasteiger partial charge on any atom is -0.459 e. The zero-order chi connectivity index (χ0) is 29.2. The van der Waals surface area contributed by atoms with E-state index in [0.29, 0.717) is 13.1 Å². The highest BCUT2D eigenvalue weighted by atomic mass is 16.6. The fourth-order valence-corrected chi connectivity index (χ4v) is 4.02. The van der Waals surface area contributed by atoms with Crippen molar-refractivity contribution >= 4 is 23.5 Å². The molecule has 0 saturated carbocycles. The molecule has 0 aromatic heterocycles. The Morgan fingerprint density at radius 3 is 1.03 bits per heavy atom. The van der Waals surface area contributed by atoms with Crippen molar-refractivity contribution in [2.45, 2.75) is 156 Å². The number of ether oxygens (including phenoxy) is 2. The van der Waals surface area contributed by atoms with E-state index in [4.69, 9.17) is 9.47 Å². The molecule has 0 saturated heterocycles. The van der Waals surface area contributed by atoms with Crippen LogP contribution in [-0.2, 0) is 28.7 Å². The maximum Gasteiger partial charge on any atom is 0.324 e. The topological polar surface area (TPSA) is 111 Å². The minimum atomic E-state index is -0.570. The number of carbonyl (C=O) groups excluding carboxylic acids is 4. The summed E-state index contributed by atoms with van der Waals surface area (Å²) in [6.07, 6.45) is 11.6. The van der Waals surface area contributed by atoms with Crippen LogP contribution in [0.4, 0.5) is 0 Å². The SMILES string of the molecule is CC(=O)CC(NCCCCCCCCCCCCNC(CC(C)=O)C(=O)OC(C)(C)C)C(=O)OC(C)(C)C. The molecule has 2 atom stereocenters. The van der Waals surface area contributed by atoms with Gasteiger partial charge in [-0.15, -0.1) is 0 Å². The van der Waals surface area contributed by atoms with E-state index in [1.165, 1.54) is 39.5 Å². The number of carbonyl (C=O) groups is 4. The molecule has 0 fully saturated rings. The van der Waals surface area contributed by atoms with Gasteiger partial charge in [0, 0.05) is 12.8 Å². The summed E-state index contributed by atoms with van der Waals surface area (Å²) in [5.41, 5.74) is -1.13. The van der Waals surface area contributed by atoms with Gasteiger partial charge in [0.1, 0.15) is 34.9 Å². The van der Waals surface area contributed by atoms with Crippen molar-refractivity contribution in [1.82, 2.24) is 10.6 Å². The number of Topliss-reactive ketones (excluding diaryl/α,β-unsaturated/α-hetero) is 2. The summed E-state index contributed by atoms with van der Waals surface area (Å²) in [7, 11) is 0. The van der Waals surface area contributed by atoms with Gasteiger partial charge >= 0.3 is 11.9 Å². The molecule has 0 aliphatic heterocycles. The van der Waals surface area contributed by atoms with Gasteiger partial charge in [0.25, 0.3) is 0 Å². The van der Waals surface area contributed by atoms with E-state index >= 15 is 0 Å². The largest absolute Gasteiger partial charge is 0.459 e. The van der Waals surface area contributed by atoms with Crippen LogP contribution in [0.2, 0.25) is 0 Å². The predicted octanol–water partition coefficient (Wildman–Crippen LogP) is 5.45. The van der Waals surface area contributed by atoms with Gasteiger partial charge in [0.15, 0.2) is 0 Å². The van der Waals surface area contributed by atoms with Crippen molar-refractivity contribution in [1.29, 1.82) is 0 Å². The molecule has 8 heteroatoms. The molecule has 0 aromatic carbocycles. The summed E-state index contributed by atoms with van der Waals surface area (Å²) < 4.78 is 10.9. The average molecular weight is 541 g/mol. The molecule has 0 heterocycles. The van der Waals surface area contributed by atoms with Crippen LogP contribution >= 0.6 is 0 Å². The van der Waals surface area contributed by atoms with Crippen LogP contribution in [0.15, 0.2) is 0 Å². The second kappa shape index (κ2) is 19.3. The fourth-order valence-electron chi connectivity index (χ4n) is 4.02. The third kappa shape index (κ3) is 22.2. The number of esters is 2. The summed E-state index contributed by atoms with van der Waals surface area (Å²) in [6, 6.07) is -1.14. The lowest BCUT2D eigenvalue weighted by molar-refractivity contribution is -0.159. The number of hydrogen-bond donors (Lipinski definition) is 2. The quantitative estimate of drug-likeness (QED) is 0.146. The maximum absolute atomic E-state index is 12.3. The molecule has 0 amide bonds. The van der Waals surface area contributed by atoms with Gasteiger partial charge in [-0.25, -0.2) is 0 Å². The van der Waals surface area contributed by atoms with Gasteiger partial charge in [0.05, 0.1) is 0 Å². The fraction of sp³-hybridized carbons (Fsp3) is 0.867. The van der Waals surface area contributed by atoms with Crippen molar-refractivity contribution in [3.63, 3.8) is 0 Å². The molecule has 0 aromatic rings. The number of ketones is 2. The van der Waals surface area contributed by atoms with E-state index in [1.54, 1.807) is 0 Å². The van der Waals surface area contributed by atoms with E-state index < -0.39 is 23.3 Å². The van der Waals surface area contributed by atoms with Gasteiger partial charge in [-0.3, -0.25) is 19.2 Å². The molecule has 0 spiro atoms. The molecule has 2 N–H and O–H groups in total. The van der Waals surface area contributed by atoms with E-state index in [0.717, 1.165) is 38.5 Å². The summed E-state index contributed by atoms with van der Waals surface area (Å²) in [5, 5.41) is 6.40. The molecule has 38 heavy (non-hydrogen) atoms. The highest BCUT2D eigenvalue weighted by Gasteiger charge is 2.26.